The van der Waals surface area contributed by atoms with Crippen LogP contribution < -0.4 is 15.8 Å². The number of ether oxygens (including phenoxy) is 1. The summed E-state index contributed by atoms with van der Waals surface area (Å²) in [5, 5.41) is 2.86. The third kappa shape index (κ3) is 5.73. The lowest BCUT2D eigenvalue weighted by molar-refractivity contribution is -0.139. The molecule has 0 aliphatic carbocycles. The van der Waals surface area contributed by atoms with E-state index < -0.39 is 0 Å². The van der Waals surface area contributed by atoms with Gasteiger partial charge in [-0.1, -0.05) is 0 Å². The van der Waals surface area contributed by atoms with Crippen molar-refractivity contribution >= 4 is 11.8 Å². The van der Waals surface area contributed by atoms with Gasteiger partial charge in [0.05, 0.1) is 0 Å². The van der Waals surface area contributed by atoms with Crippen LogP contribution in [0.5, 0.6) is 5.75 Å². The molecule has 2 rings (SSSR count). The second-order valence-electron chi connectivity index (χ2n) is 6.99. The fraction of sp³-hybridized carbons (Fsp3) is 0.600. The zero-order chi connectivity index (χ0) is 18.9. The summed E-state index contributed by atoms with van der Waals surface area (Å²) in [6, 6.07) is 7.41. The number of benzene rings is 1. The van der Waals surface area contributed by atoms with Crippen LogP contribution in [0.4, 0.5) is 0 Å². The highest BCUT2D eigenvalue weighted by Crippen LogP contribution is 2.23. The van der Waals surface area contributed by atoms with E-state index in [1.807, 2.05) is 4.90 Å². The number of likely N-dealkylation sites (tertiary alicyclic amines) is 1. The monoisotopic (exact) mass is 361 g/mol. The highest BCUT2D eigenvalue weighted by molar-refractivity contribution is 5.94. The largest absolute Gasteiger partial charge is 0.484 e. The molecule has 2 amide bonds. The fourth-order valence-electron chi connectivity index (χ4n) is 3.41. The van der Waals surface area contributed by atoms with E-state index in [0.717, 1.165) is 25.7 Å². The topological polar surface area (TPSA) is 84.7 Å². The molecule has 1 aliphatic rings. The lowest BCUT2D eigenvalue weighted by Crippen LogP contribution is -2.49. The van der Waals surface area contributed by atoms with Crippen molar-refractivity contribution < 1.29 is 14.3 Å². The first-order valence-electron chi connectivity index (χ1n) is 9.55. The smallest absolute Gasteiger partial charge is 0.260 e. The Balaban J connectivity index is 1.81. The summed E-state index contributed by atoms with van der Waals surface area (Å²) in [6.07, 6.45) is 5.04. The first kappa shape index (κ1) is 20.2. The normalized spacial score (nSPS) is 19.9. The predicted molar refractivity (Wildman–Crippen MR) is 102 cm³/mol. The van der Waals surface area contributed by atoms with Crippen LogP contribution in [0, 0.1) is 0 Å². The summed E-state index contributed by atoms with van der Waals surface area (Å²) < 4.78 is 5.63. The Hall–Kier alpha value is -2.08. The van der Waals surface area contributed by atoms with Crippen LogP contribution in [-0.2, 0) is 4.79 Å². The van der Waals surface area contributed by atoms with Gasteiger partial charge in [0.15, 0.2) is 6.61 Å². The number of piperidine rings is 1. The van der Waals surface area contributed by atoms with E-state index in [-0.39, 0.29) is 30.5 Å². The molecule has 1 heterocycles. The lowest BCUT2D eigenvalue weighted by Gasteiger charge is -2.38. The molecule has 1 fully saturated rings. The van der Waals surface area contributed by atoms with Gasteiger partial charge in [0.25, 0.3) is 11.8 Å². The molecule has 144 valence electrons. The van der Waals surface area contributed by atoms with Gasteiger partial charge in [0.2, 0.25) is 0 Å². The van der Waals surface area contributed by atoms with Gasteiger partial charge in [0.1, 0.15) is 5.75 Å². The SMILES string of the molecule is CC1CCCC(C)N1C(=O)COc1ccc(C(=O)NCCCCN)cc1. The molecule has 1 aromatic carbocycles. The van der Waals surface area contributed by atoms with Crippen molar-refractivity contribution in [3.8, 4) is 5.75 Å². The van der Waals surface area contributed by atoms with Crippen LogP contribution in [0.2, 0.25) is 0 Å². The quantitative estimate of drug-likeness (QED) is 0.696. The Kier molecular flexibility index (Phi) is 7.91. The van der Waals surface area contributed by atoms with Crippen molar-refractivity contribution in [1.82, 2.24) is 10.2 Å². The van der Waals surface area contributed by atoms with E-state index in [9.17, 15) is 9.59 Å². The minimum absolute atomic E-state index is 0.0198. The molecule has 6 heteroatoms. The van der Waals surface area contributed by atoms with Gasteiger partial charge in [0, 0.05) is 24.2 Å². The molecule has 1 saturated heterocycles. The number of hydrogen-bond acceptors (Lipinski definition) is 4. The molecular weight excluding hydrogens is 330 g/mol. The first-order valence-corrected chi connectivity index (χ1v) is 9.55. The lowest BCUT2D eigenvalue weighted by atomic mass is 9.97. The maximum Gasteiger partial charge on any atom is 0.260 e. The molecule has 0 aromatic heterocycles. The Labute approximate surface area is 156 Å². The van der Waals surface area contributed by atoms with Crippen molar-refractivity contribution in [3.05, 3.63) is 29.8 Å². The minimum Gasteiger partial charge on any atom is -0.484 e. The second-order valence-corrected chi connectivity index (χ2v) is 6.99. The van der Waals surface area contributed by atoms with Crippen molar-refractivity contribution in [2.45, 2.75) is 58.0 Å². The van der Waals surface area contributed by atoms with E-state index >= 15 is 0 Å². The van der Waals surface area contributed by atoms with Crippen LogP contribution >= 0.6 is 0 Å². The number of unbranched alkanes of at least 4 members (excludes halogenated alkanes) is 1. The highest BCUT2D eigenvalue weighted by atomic mass is 16.5. The van der Waals surface area contributed by atoms with Crippen molar-refractivity contribution in [2.75, 3.05) is 19.7 Å². The number of nitrogens with two attached hydrogens (primary N) is 1. The van der Waals surface area contributed by atoms with E-state index in [2.05, 4.69) is 19.2 Å². The van der Waals surface area contributed by atoms with Crippen LogP contribution in [0.25, 0.3) is 0 Å². The fourth-order valence-corrected chi connectivity index (χ4v) is 3.41. The van der Waals surface area contributed by atoms with Gasteiger partial charge in [-0.3, -0.25) is 9.59 Å². The van der Waals surface area contributed by atoms with Crippen molar-refractivity contribution in [2.24, 2.45) is 5.73 Å². The maximum absolute atomic E-state index is 12.5. The van der Waals surface area contributed by atoms with E-state index in [1.54, 1.807) is 24.3 Å². The number of nitrogens with zero attached hydrogens (tertiary/aromatic N) is 1. The van der Waals surface area contributed by atoms with E-state index in [0.29, 0.717) is 24.4 Å². The zero-order valence-electron chi connectivity index (χ0n) is 15.9. The number of nitrogens with one attached hydrogen (secondary N) is 1. The third-order valence-corrected chi connectivity index (χ3v) is 4.88. The summed E-state index contributed by atoms with van der Waals surface area (Å²) in [5.41, 5.74) is 6.01. The number of rotatable bonds is 8. The van der Waals surface area contributed by atoms with Gasteiger partial charge < -0.3 is 20.7 Å². The molecule has 1 aromatic rings. The molecule has 3 N–H and O–H groups in total. The maximum atomic E-state index is 12.5. The number of carbonyl (C=O) groups excluding carboxylic acids is 2. The molecule has 0 radical (unpaired) electrons. The molecule has 0 bridgehead atoms. The van der Waals surface area contributed by atoms with Crippen molar-refractivity contribution in [1.29, 1.82) is 0 Å². The highest BCUT2D eigenvalue weighted by Gasteiger charge is 2.28. The number of carbonyl (C=O) groups is 2. The van der Waals surface area contributed by atoms with Crippen LogP contribution in [0.3, 0.4) is 0 Å². The van der Waals surface area contributed by atoms with Gasteiger partial charge in [-0.05, 0) is 76.8 Å². The number of hydrogen-bond donors (Lipinski definition) is 2. The second kappa shape index (κ2) is 10.2. The molecule has 0 spiro atoms. The Morgan fingerprint density at radius 2 is 1.81 bits per heavy atom. The molecule has 26 heavy (non-hydrogen) atoms. The average molecular weight is 361 g/mol. The van der Waals surface area contributed by atoms with Gasteiger partial charge >= 0.3 is 0 Å². The van der Waals surface area contributed by atoms with E-state index in [4.69, 9.17) is 10.5 Å². The molecule has 0 saturated carbocycles. The summed E-state index contributed by atoms with van der Waals surface area (Å²) >= 11 is 0. The number of amides is 2. The molecule has 6 nitrogen and oxygen atoms in total. The van der Waals surface area contributed by atoms with Crippen molar-refractivity contribution in [3.63, 3.8) is 0 Å². The first-order chi connectivity index (χ1) is 12.5. The third-order valence-electron chi connectivity index (χ3n) is 4.88. The average Bonchev–Trinajstić information content (AvgIpc) is 2.63. The minimum atomic E-state index is -0.111. The van der Waals surface area contributed by atoms with Crippen LogP contribution in [0.15, 0.2) is 24.3 Å². The standard InChI is InChI=1S/C20H31N3O3/c1-15-6-5-7-16(2)23(15)19(24)14-26-18-10-8-17(9-11-18)20(25)22-13-4-3-12-21/h8-11,15-16H,3-7,12-14,21H2,1-2H3,(H,22,25). The van der Waals surface area contributed by atoms with Gasteiger partial charge in [-0.25, -0.2) is 0 Å². The zero-order valence-corrected chi connectivity index (χ0v) is 15.9. The Morgan fingerprint density at radius 3 is 2.42 bits per heavy atom. The van der Waals surface area contributed by atoms with Gasteiger partial charge in [-0.15, -0.1) is 0 Å². The summed E-state index contributed by atoms with van der Waals surface area (Å²) in [7, 11) is 0. The summed E-state index contributed by atoms with van der Waals surface area (Å²) in [5.74, 6) is 0.502. The van der Waals surface area contributed by atoms with Gasteiger partial charge in [-0.2, -0.15) is 0 Å². The van der Waals surface area contributed by atoms with Crippen LogP contribution in [-0.4, -0.2) is 48.5 Å². The summed E-state index contributed by atoms with van der Waals surface area (Å²) in [6.45, 7) is 5.47. The van der Waals surface area contributed by atoms with Crippen LogP contribution in [0.1, 0.15) is 56.3 Å². The molecule has 2 atom stereocenters. The Morgan fingerprint density at radius 1 is 1.15 bits per heavy atom. The molecule has 2 unspecified atom stereocenters. The Bertz CT molecular complexity index is 578. The molecule has 1 aliphatic heterocycles. The van der Waals surface area contributed by atoms with E-state index in [1.165, 1.54) is 6.42 Å². The predicted octanol–water partition coefficient (Wildman–Crippen LogP) is 2.32. The molecular formula is C20H31N3O3. The summed E-state index contributed by atoms with van der Waals surface area (Å²) in [4.78, 5) is 26.4.